The lowest BCUT2D eigenvalue weighted by atomic mass is 9.70. The number of fused-ring (bicyclic) bond motifs is 14. The Morgan fingerprint density at radius 2 is 0.794 bits per heavy atom. The predicted octanol–water partition coefficient (Wildman–Crippen LogP) is 17.2. The molecule has 0 fully saturated rings. The maximum Gasteiger partial charge on any atom is 0.0726 e. The molecule has 0 saturated carbocycles. The first kappa shape index (κ1) is 38.4. The Hall–Kier alpha value is -8.92. The first-order valence-corrected chi connectivity index (χ1v) is 23.5. The molecule has 0 N–H and O–H groups in total. The van der Waals surface area contributed by atoms with Gasteiger partial charge in [-0.25, -0.2) is 0 Å². The van der Waals surface area contributed by atoms with Crippen LogP contribution in [0.4, 0.5) is 34.1 Å². The minimum absolute atomic E-state index is 0.551. The second kappa shape index (κ2) is 15.1. The van der Waals surface area contributed by atoms with Crippen LogP contribution in [0.15, 0.2) is 261 Å². The van der Waals surface area contributed by atoms with Gasteiger partial charge in [-0.05, 0) is 135 Å². The Labute approximate surface area is 395 Å². The number of para-hydroxylation sites is 4. The molecule has 1 heterocycles. The van der Waals surface area contributed by atoms with Gasteiger partial charge in [-0.2, -0.15) is 0 Å². The standard InChI is InChI=1S/C65H43N3/c1-4-21-45(22-5-1)66(46-23-6-2-7-24-46)48-37-40-60-57(41-48)53-29-13-16-32-59(53)65(60)58-31-15-12-28-52(58)54-38-35-49(42-61(54)65)67(62-34-18-20-44-19-10-11-27-51(44)62)50-36-39-56-55-30-14-17-33-63(55)68(64(56)43-50)47-25-8-3-9-26-47/h1-43H. The Kier molecular flexibility index (Phi) is 8.50. The Balaban J connectivity index is 1.02. The van der Waals surface area contributed by atoms with E-state index in [2.05, 4.69) is 275 Å². The number of hydrogen-bond acceptors (Lipinski definition) is 2. The van der Waals surface area contributed by atoms with Crippen molar-refractivity contribution >= 4 is 66.7 Å². The Morgan fingerprint density at radius 3 is 1.54 bits per heavy atom. The summed E-state index contributed by atoms with van der Waals surface area (Å²) in [4.78, 5) is 4.87. The molecule has 318 valence electrons. The molecule has 2 aliphatic rings. The van der Waals surface area contributed by atoms with Crippen LogP contribution in [0.25, 0.3) is 60.5 Å². The summed E-state index contributed by atoms with van der Waals surface area (Å²) in [5, 5.41) is 4.87. The zero-order chi connectivity index (χ0) is 44.8. The molecule has 68 heavy (non-hydrogen) atoms. The average molecular weight is 866 g/mol. The van der Waals surface area contributed by atoms with Crippen LogP contribution in [0, 0.1) is 0 Å². The molecule has 1 spiro atoms. The van der Waals surface area contributed by atoms with Gasteiger partial charge >= 0.3 is 0 Å². The molecule has 0 bridgehead atoms. The van der Waals surface area contributed by atoms with Gasteiger partial charge in [0.2, 0.25) is 0 Å². The molecule has 0 saturated heterocycles. The van der Waals surface area contributed by atoms with E-state index in [0.717, 1.165) is 39.8 Å². The van der Waals surface area contributed by atoms with Gasteiger partial charge in [0.15, 0.2) is 0 Å². The second-order valence-corrected chi connectivity index (χ2v) is 18.0. The molecule has 0 amide bonds. The number of nitrogens with zero attached hydrogens (tertiary/aromatic N) is 3. The molecule has 3 heteroatoms. The van der Waals surface area contributed by atoms with E-state index >= 15 is 0 Å². The van der Waals surface area contributed by atoms with Crippen LogP contribution in [0.1, 0.15) is 22.3 Å². The summed E-state index contributed by atoms with van der Waals surface area (Å²) in [7, 11) is 0. The van der Waals surface area contributed by atoms with Crippen molar-refractivity contribution < 1.29 is 0 Å². The smallest absolute Gasteiger partial charge is 0.0726 e. The molecule has 3 nitrogen and oxygen atoms in total. The van der Waals surface area contributed by atoms with Crippen LogP contribution in [-0.4, -0.2) is 4.57 Å². The van der Waals surface area contributed by atoms with Crippen molar-refractivity contribution in [2.75, 3.05) is 9.80 Å². The van der Waals surface area contributed by atoms with Gasteiger partial charge < -0.3 is 14.4 Å². The molecule has 14 rings (SSSR count). The fraction of sp³-hybridized carbons (Fsp3) is 0.0154. The van der Waals surface area contributed by atoms with Crippen LogP contribution < -0.4 is 9.80 Å². The highest BCUT2D eigenvalue weighted by Gasteiger charge is 2.52. The van der Waals surface area contributed by atoms with Crippen LogP contribution in [0.3, 0.4) is 0 Å². The van der Waals surface area contributed by atoms with E-state index < -0.39 is 5.41 Å². The summed E-state index contributed by atoms with van der Waals surface area (Å²) in [6.45, 7) is 0. The molecule has 0 aliphatic heterocycles. The minimum atomic E-state index is -0.551. The third kappa shape index (κ3) is 5.54. The van der Waals surface area contributed by atoms with Crippen molar-refractivity contribution in [2.45, 2.75) is 5.41 Å². The Morgan fingerprint density at radius 1 is 0.279 bits per heavy atom. The lowest BCUT2D eigenvalue weighted by Gasteiger charge is -2.33. The number of benzene rings is 11. The normalized spacial score (nSPS) is 14.2. The molecule has 1 atom stereocenters. The van der Waals surface area contributed by atoms with Gasteiger partial charge in [0.1, 0.15) is 0 Å². The fourth-order valence-electron chi connectivity index (χ4n) is 11.8. The van der Waals surface area contributed by atoms with Crippen molar-refractivity contribution in [3.8, 4) is 27.9 Å². The van der Waals surface area contributed by atoms with Crippen molar-refractivity contribution in [3.05, 3.63) is 283 Å². The largest absolute Gasteiger partial charge is 0.310 e. The van der Waals surface area contributed by atoms with E-state index in [0.29, 0.717) is 0 Å². The van der Waals surface area contributed by atoms with Crippen LogP contribution in [0.5, 0.6) is 0 Å². The van der Waals surface area contributed by atoms with E-state index in [1.165, 1.54) is 77.1 Å². The average Bonchev–Trinajstić information content (AvgIpc) is 4.01. The van der Waals surface area contributed by atoms with Crippen LogP contribution >= 0.6 is 0 Å². The summed E-state index contributed by atoms with van der Waals surface area (Å²) >= 11 is 0. The first-order valence-electron chi connectivity index (χ1n) is 23.5. The van der Waals surface area contributed by atoms with Crippen molar-refractivity contribution in [1.29, 1.82) is 0 Å². The number of aromatic nitrogens is 1. The van der Waals surface area contributed by atoms with Gasteiger partial charge in [-0.3, -0.25) is 0 Å². The highest BCUT2D eigenvalue weighted by Crippen LogP contribution is 2.64. The fourth-order valence-corrected chi connectivity index (χ4v) is 11.8. The van der Waals surface area contributed by atoms with Gasteiger partial charge in [0, 0.05) is 50.3 Å². The summed E-state index contributed by atoms with van der Waals surface area (Å²) in [5.41, 5.74) is 20.0. The topological polar surface area (TPSA) is 11.4 Å². The van der Waals surface area contributed by atoms with Gasteiger partial charge in [-0.1, -0.05) is 176 Å². The summed E-state index contributed by atoms with van der Waals surface area (Å²) < 4.78 is 2.42. The summed E-state index contributed by atoms with van der Waals surface area (Å²) in [6, 6.07) is 96.1. The molecular formula is C65H43N3. The molecule has 2 aliphatic carbocycles. The Bertz CT molecular complexity index is 3880. The predicted molar refractivity (Wildman–Crippen MR) is 284 cm³/mol. The lowest BCUT2D eigenvalue weighted by molar-refractivity contribution is 0.793. The SMILES string of the molecule is c1ccc(N(c2ccccc2)c2ccc3c(c2)-c2ccccc2C32c3ccccc3-c3ccc(N(c4ccc5c6ccccc6n(-c6ccccc6)c5c4)c4cccc5ccccc45)cc32)cc1. The van der Waals surface area contributed by atoms with E-state index in [9.17, 15) is 0 Å². The van der Waals surface area contributed by atoms with Gasteiger partial charge in [0.25, 0.3) is 0 Å². The zero-order valence-electron chi connectivity index (χ0n) is 37.2. The van der Waals surface area contributed by atoms with Crippen molar-refractivity contribution in [3.63, 3.8) is 0 Å². The number of rotatable bonds is 7. The summed E-state index contributed by atoms with van der Waals surface area (Å²) in [5.74, 6) is 0. The lowest BCUT2D eigenvalue weighted by Crippen LogP contribution is -2.26. The quantitative estimate of drug-likeness (QED) is 0.158. The minimum Gasteiger partial charge on any atom is -0.310 e. The van der Waals surface area contributed by atoms with E-state index in [1.54, 1.807) is 0 Å². The number of hydrogen-bond donors (Lipinski definition) is 0. The maximum atomic E-state index is 2.51. The highest BCUT2D eigenvalue weighted by atomic mass is 15.2. The monoisotopic (exact) mass is 865 g/mol. The molecule has 1 unspecified atom stereocenters. The molecule has 1 aromatic heterocycles. The van der Waals surface area contributed by atoms with Gasteiger partial charge in [-0.15, -0.1) is 0 Å². The van der Waals surface area contributed by atoms with E-state index in [1.807, 2.05) is 0 Å². The highest BCUT2D eigenvalue weighted by molar-refractivity contribution is 6.11. The molecule has 12 aromatic rings. The van der Waals surface area contributed by atoms with Crippen molar-refractivity contribution in [1.82, 2.24) is 4.57 Å². The third-order valence-corrected chi connectivity index (χ3v) is 14.5. The van der Waals surface area contributed by atoms with E-state index in [-0.39, 0.29) is 0 Å². The number of anilines is 6. The van der Waals surface area contributed by atoms with Crippen LogP contribution in [-0.2, 0) is 5.41 Å². The molecule has 11 aromatic carbocycles. The zero-order valence-corrected chi connectivity index (χ0v) is 37.2. The first-order chi connectivity index (χ1) is 33.8. The van der Waals surface area contributed by atoms with Gasteiger partial charge in [0.05, 0.1) is 22.1 Å². The molecule has 0 radical (unpaired) electrons. The van der Waals surface area contributed by atoms with Crippen molar-refractivity contribution in [2.24, 2.45) is 0 Å². The second-order valence-electron chi connectivity index (χ2n) is 18.0. The van der Waals surface area contributed by atoms with E-state index in [4.69, 9.17) is 0 Å². The molecular weight excluding hydrogens is 823 g/mol. The summed E-state index contributed by atoms with van der Waals surface area (Å²) in [6.07, 6.45) is 0. The van der Waals surface area contributed by atoms with Crippen LogP contribution in [0.2, 0.25) is 0 Å². The maximum absolute atomic E-state index is 2.51. The third-order valence-electron chi connectivity index (χ3n) is 14.5.